The first kappa shape index (κ1) is 13.6. The number of thioether (sulfide) groups is 1. The minimum absolute atomic E-state index is 0.194. The fraction of sp³-hybridized carbons (Fsp3) is 0.462. The molecule has 0 atom stereocenters. The molecule has 1 fully saturated rings. The summed E-state index contributed by atoms with van der Waals surface area (Å²) in [5, 5.41) is 0.650. The Labute approximate surface area is 117 Å². The molecular formula is C13H17ClN2OS. The van der Waals surface area contributed by atoms with Crippen LogP contribution < -0.4 is 5.73 Å². The van der Waals surface area contributed by atoms with Crippen LogP contribution in [0.3, 0.4) is 0 Å². The van der Waals surface area contributed by atoms with Crippen molar-refractivity contribution in [2.24, 2.45) is 0 Å². The maximum Gasteiger partial charge on any atom is 0.232 e. The monoisotopic (exact) mass is 284 g/mol. The lowest BCUT2D eigenvalue weighted by Gasteiger charge is -2.26. The molecule has 0 aliphatic carbocycles. The zero-order valence-corrected chi connectivity index (χ0v) is 11.8. The Kier molecular flexibility index (Phi) is 4.78. The van der Waals surface area contributed by atoms with Crippen molar-refractivity contribution in [3.8, 4) is 0 Å². The number of carbonyl (C=O) groups excluding carboxylic acids is 1. The number of nitrogen functional groups attached to an aromatic ring is 1. The number of nitrogens with zero attached hydrogens (tertiary/aromatic N) is 1. The molecule has 1 amide bonds. The Morgan fingerprint density at radius 3 is 2.78 bits per heavy atom. The minimum atomic E-state index is 0.194. The van der Waals surface area contributed by atoms with Crippen LogP contribution in [0.4, 0.5) is 5.69 Å². The average molecular weight is 285 g/mol. The van der Waals surface area contributed by atoms with E-state index in [4.69, 9.17) is 17.3 Å². The Morgan fingerprint density at radius 2 is 2.06 bits per heavy atom. The van der Waals surface area contributed by atoms with Crippen molar-refractivity contribution in [3.05, 3.63) is 23.2 Å². The van der Waals surface area contributed by atoms with E-state index in [1.807, 2.05) is 11.0 Å². The zero-order valence-electron chi connectivity index (χ0n) is 10.2. The first-order valence-electron chi connectivity index (χ1n) is 6.12. The van der Waals surface area contributed by atoms with E-state index in [0.29, 0.717) is 16.5 Å². The predicted octanol–water partition coefficient (Wildman–Crippen LogP) is 3.03. The molecule has 1 heterocycles. The standard InChI is InChI=1S/C13H17ClN2OS/c14-10-4-5-11(15)12(8-10)18-9-13(17)16-6-2-1-3-7-16/h4-5,8H,1-3,6-7,9,15H2. The van der Waals surface area contributed by atoms with Crippen molar-refractivity contribution in [3.63, 3.8) is 0 Å². The molecule has 2 rings (SSSR count). The maximum absolute atomic E-state index is 12.0. The van der Waals surface area contributed by atoms with Crippen LogP contribution in [0.25, 0.3) is 0 Å². The van der Waals surface area contributed by atoms with Crippen LogP contribution in [0.1, 0.15) is 19.3 Å². The number of carbonyl (C=O) groups is 1. The SMILES string of the molecule is Nc1ccc(Cl)cc1SCC(=O)N1CCCCC1. The van der Waals surface area contributed by atoms with Gasteiger partial charge in [0.15, 0.2) is 0 Å². The van der Waals surface area contributed by atoms with Gasteiger partial charge in [0.2, 0.25) is 5.91 Å². The fourth-order valence-electron chi connectivity index (χ4n) is 2.01. The molecule has 1 aliphatic rings. The first-order chi connectivity index (χ1) is 8.66. The second-order valence-electron chi connectivity index (χ2n) is 4.41. The maximum atomic E-state index is 12.0. The lowest BCUT2D eigenvalue weighted by molar-refractivity contribution is -0.129. The van der Waals surface area contributed by atoms with E-state index in [1.165, 1.54) is 18.2 Å². The average Bonchev–Trinajstić information content (AvgIpc) is 2.40. The normalized spacial score (nSPS) is 15.7. The predicted molar refractivity (Wildman–Crippen MR) is 77.0 cm³/mol. The Hall–Kier alpha value is -0.870. The number of anilines is 1. The minimum Gasteiger partial charge on any atom is -0.398 e. The van der Waals surface area contributed by atoms with Crippen molar-refractivity contribution in [1.29, 1.82) is 0 Å². The Bertz CT molecular complexity index is 433. The van der Waals surface area contributed by atoms with E-state index in [-0.39, 0.29) is 5.91 Å². The van der Waals surface area contributed by atoms with Gasteiger partial charge in [-0.2, -0.15) is 0 Å². The zero-order chi connectivity index (χ0) is 13.0. The van der Waals surface area contributed by atoms with Gasteiger partial charge in [0.25, 0.3) is 0 Å². The molecule has 18 heavy (non-hydrogen) atoms. The van der Waals surface area contributed by atoms with E-state index in [1.54, 1.807) is 12.1 Å². The van der Waals surface area contributed by atoms with Crippen LogP contribution in [0.15, 0.2) is 23.1 Å². The summed E-state index contributed by atoms with van der Waals surface area (Å²) in [5.41, 5.74) is 6.53. The Balaban J connectivity index is 1.90. The largest absolute Gasteiger partial charge is 0.398 e. The molecule has 0 aromatic heterocycles. The van der Waals surface area contributed by atoms with Crippen LogP contribution >= 0.6 is 23.4 Å². The summed E-state index contributed by atoms with van der Waals surface area (Å²) in [7, 11) is 0. The Morgan fingerprint density at radius 1 is 1.33 bits per heavy atom. The second-order valence-corrected chi connectivity index (χ2v) is 5.87. The summed E-state index contributed by atoms with van der Waals surface area (Å²) in [6, 6.07) is 5.34. The molecule has 1 aliphatic heterocycles. The van der Waals surface area contributed by atoms with Gasteiger partial charge in [0, 0.05) is 28.7 Å². The summed E-state index contributed by atoms with van der Waals surface area (Å²) in [5.74, 6) is 0.629. The summed E-state index contributed by atoms with van der Waals surface area (Å²) in [6.07, 6.45) is 3.48. The summed E-state index contributed by atoms with van der Waals surface area (Å²) in [6.45, 7) is 1.79. The molecule has 5 heteroatoms. The number of hydrogen-bond donors (Lipinski definition) is 1. The highest BCUT2D eigenvalue weighted by molar-refractivity contribution is 8.00. The van der Waals surface area contributed by atoms with Crippen LogP contribution in [0.2, 0.25) is 5.02 Å². The van der Waals surface area contributed by atoms with Crippen LogP contribution in [-0.2, 0) is 4.79 Å². The van der Waals surface area contributed by atoms with Crippen molar-refractivity contribution < 1.29 is 4.79 Å². The van der Waals surface area contributed by atoms with E-state index in [0.717, 1.165) is 30.8 Å². The van der Waals surface area contributed by atoms with Crippen LogP contribution in [0.5, 0.6) is 0 Å². The van der Waals surface area contributed by atoms with E-state index < -0.39 is 0 Å². The molecule has 0 bridgehead atoms. The fourth-order valence-corrected chi connectivity index (χ4v) is 3.15. The van der Waals surface area contributed by atoms with Gasteiger partial charge in [-0.25, -0.2) is 0 Å². The van der Waals surface area contributed by atoms with Crippen molar-refractivity contribution in [1.82, 2.24) is 4.90 Å². The molecule has 1 saturated heterocycles. The molecule has 0 unspecified atom stereocenters. The third-order valence-electron chi connectivity index (χ3n) is 3.04. The summed E-state index contributed by atoms with van der Waals surface area (Å²) in [4.78, 5) is 14.8. The van der Waals surface area contributed by atoms with Crippen LogP contribution in [-0.4, -0.2) is 29.6 Å². The lowest BCUT2D eigenvalue weighted by atomic mass is 10.1. The molecule has 0 radical (unpaired) electrons. The molecule has 0 spiro atoms. The smallest absolute Gasteiger partial charge is 0.232 e. The number of benzene rings is 1. The third-order valence-corrected chi connectivity index (χ3v) is 4.33. The summed E-state index contributed by atoms with van der Waals surface area (Å²) >= 11 is 7.38. The van der Waals surface area contributed by atoms with E-state index >= 15 is 0 Å². The van der Waals surface area contributed by atoms with E-state index in [2.05, 4.69) is 0 Å². The van der Waals surface area contributed by atoms with Gasteiger partial charge in [0.1, 0.15) is 0 Å². The molecule has 3 nitrogen and oxygen atoms in total. The number of rotatable bonds is 3. The van der Waals surface area contributed by atoms with Gasteiger partial charge in [-0.15, -0.1) is 11.8 Å². The number of nitrogens with two attached hydrogens (primary N) is 1. The van der Waals surface area contributed by atoms with Crippen molar-refractivity contribution in [2.45, 2.75) is 24.2 Å². The number of hydrogen-bond acceptors (Lipinski definition) is 3. The highest BCUT2D eigenvalue weighted by Crippen LogP contribution is 2.28. The van der Waals surface area contributed by atoms with Crippen LogP contribution in [0, 0.1) is 0 Å². The van der Waals surface area contributed by atoms with Gasteiger partial charge in [-0.1, -0.05) is 11.6 Å². The molecule has 98 valence electrons. The lowest BCUT2D eigenvalue weighted by Crippen LogP contribution is -2.36. The van der Waals surface area contributed by atoms with E-state index in [9.17, 15) is 4.79 Å². The third kappa shape index (κ3) is 3.56. The van der Waals surface area contributed by atoms with Gasteiger partial charge < -0.3 is 10.6 Å². The molecule has 1 aromatic carbocycles. The topological polar surface area (TPSA) is 46.3 Å². The van der Waals surface area contributed by atoms with Gasteiger partial charge in [-0.05, 0) is 37.5 Å². The van der Waals surface area contributed by atoms with Gasteiger partial charge in [0.05, 0.1) is 5.75 Å². The number of likely N-dealkylation sites (tertiary alicyclic amines) is 1. The molecule has 2 N–H and O–H groups in total. The quantitative estimate of drug-likeness (QED) is 0.685. The number of amides is 1. The molecular weight excluding hydrogens is 268 g/mol. The van der Waals surface area contributed by atoms with Crippen molar-refractivity contribution in [2.75, 3.05) is 24.6 Å². The number of halogens is 1. The number of piperidine rings is 1. The highest BCUT2D eigenvalue weighted by atomic mass is 35.5. The molecule has 1 aromatic rings. The first-order valence-corrected chi connectivity index (χ1v) is 7.49. The molecule has 0 saturated carbocycles. The van der Waals surface area contributed by atoms with Gasteiger partial charge in [-0.3, -0.25) is 4.79 Å². The highest BCUT2D eigenvalue weighted by Gasteiger charge is 2.16. The van der Waals surface area contributed by atoms with Crippen molar-refractivity contribution >= 4 is 35.0 Å². The summed E-state index contributed by atoms with van der Waals surface area (Å²) < 4.78 is 0. The van der Waals surface area contributed by atoms with Gasteiger partial charge >= 0.3 is 0 Å². The second kappa shape index (κ2) is 6.34.